The van der Waals surface area contributed by atoms with Gasteiger partial charge in [0.1, 0.15) is 0 Å². The number of nitrogens with zero attached hydrogens (tertiary/aromatic N) is 2. The minimum atomic E-state index is 0.431. The van der Waals surface area contributed by atoms with E-state index in [1.165, 1.54) is 0 Å². The molecule has 1 heterocycles. The van der Waals surface area contributed by atoms with Crippen LogP contribution in [0.5, 0.6) is 0 Å². The molecule has 11 heavy (non-hydrogen) atoms. The highest BCUT2D eigenvalue weighted by atomic mass is 35.5. The van der Waals surface area contributed by atoms with Crippen molar-refractivity contribution in [1.29, 1.82) is 0 Å². The molecule has 1 aromatic heterocycles. The summed E-state index contributed by atoms with van der Waals surface area (Å²) in [5, 5.41) is 0.431. The van der Waals surface area contributed by atoms with E-state index >= 15 is 0 Å². The van der Waals surface area contributed by atoms with Gasteiger partial charge in [-0.25, -0.2) is 0 Å². The van der Waals surface area contributed by atoms with Gasteiger partial charge in [0, 0.05) is 23.0 Å². The highest BCUT2D eigenvalue weighted by molar-refractivity contribution is 6.48. The first-order valence-corrected chi connectivity index (χ1v) is 3.39. The Bertz CT molecular complexity index is 294. The fourth-order valence-electron chi connectivity index (χ4n) is 0.734. The largest absolute Gasteiger partial charge is 0.264 e. The molecule has 56 valence electrons. The smallest absolute Gasteiger partial charge is 0.0740 e. The number of pyridine rings is 1. The SMILES string of the molecule is C=Nc1ccncc1C(=C)Cl. The van der Waals surface area contributed by atoms with Gasteiger partial charge < -0.3 is 0 Å². The number of aromatic nitrogens is 1. The molecule has 1 rings (SSSR count). The lowest BCUT2D eigenvalue weighted by atomic mass is 10.2. The Morgan fingerprint density at radius 3 is 2.82 bits per heavy atom. The minimum absolute atomic E-state index is 0.431. The van der Waals surface area contributed by atoms with Crippen LogP contribution in [0.3, 0.4) is 0 Å². The van der Waals surface area contributed by atoms with E-state index in [4.69, 9.17) is 11.6 Å². The van der Waals surface area contributed by atoms with Crippen molar-refractivity contribution in [2.24, 2.45) is 4.99 Å². The van der Waals surface area contributed by atoms with E-state index < -0.39 is 0 Å². The van der Waals surface area contributed by atoms with Gasteiger partial charge in [0.15, 0.2) is 0 Å². The summed E-state index contributed by atoms with van der Waals surface area (Å²) in [5.41, 5.74) is 1.43. The van der Waals surface area contributed by atoms with Gasteiger partial charge in [-0.05, 0) is 12.8 Å². The Morgan fingerprint density at radius 2 is 2.36 bits per heavy atom. The fourth-order valence-corrected chi connectivity index (χ4v) is 0.880. The molecule has 0 fully saturated rings. The number of hydrogen-bond acceptors (Lipinski definition) is 2. The third-order valence-corrected chi connectivity index (χ3v) is 1.46. The van der Waals surface area contributed by atoms with E-state index in [2.05, 4.69) is 23.3 Å². The van der Waals surface area contributed by atoms with E-state index in [9.17, 15) is 0 Å². The quantitative estimate of drug-likeness (QED) is 0.620. The van der Waals surface area contributed by atoms with Crippen molar-refractivity contribution in [3.8, 4) is 0 Å². The topological polar surface area (TPSA) is 25.2 Å². The molecule has 3 heteroatoms. The zero-order chi connectivity index (χ0) is 8.27. The van der Waals surface area contributed by atoms with Gasteiger partial charge in [-0.15, -0.1) is 0 Å². The van der Waals surface area contributed by atoms with Crippen LogP contribution in [0.15, 0.2) is 30.0 Å². The zero-order valence-corrected chi connectivity index (χ0v) is 6.67. The van der Waals surface area contributed by atoms with Gasteiger partial charge in [0.05, 0.1) is 5.69 Å². The number of hydrogen-bond donors (Lipinski definition) is 0. The fraction of sp³-hybridized carbons (Fsp3) is 0. The molecule has 0 radical (unpaired) electrons. The lowest BCUT2D eigenvalue weighted by molar-refractivity contribution is 1.30. The lowest BCUT2D eigenvalue weighted by Crippen LogP contribution is -1.78. The molecule has 0 spiro atoms. The van der Waals surface area contributed by atoms with Gasteiger partial charge in [0.2, 0.25) is 0 Å². The molecule has 0 saturated heterocycles. The highest BCUT2D eigenvalue weighted by Crippen LogP contribution is 2.25. The average Bonchev–Trinajstić information content (AvgIpc) is 2.04. The molecule has 0 N–H and O–H groups in total. The molecule has 0 bridgehead atoms. The molecule has 0 aliphatic rings. The van der Waals surface area contributed by atoms with Gasteiger partial charge >= 0.3 is 0 Å². The molecule has 2 nitrogen and oxygen atoms in total. The summed E-state index contributed by atoms with van der Waals surface area (Å²) in [5.74, 6) is 0. The minimum Gasteiger partial charge on any atom is -0.264 e. The van der Waals surface area contributed by atoms with Crippen LogP contribution in [-0.4, -0.2) is 11.7 Å². The second kappa shape index (κ2) is 3.30. The summed E-state index contributed by atoms with van der Waals surface area (Å²) >= 11 is 5.66. The van der Waals surface area contributed by atoms with E-state index in [0.29, 0.717) is 10.7 Å². The average molecular weight is 167 g/mol. The predicted octanol–water partition coefficient (Wildman–Crippen LogP) is 2.62. The van der Waals surface area contributed by atoms with Gasteiger partial charge in [-0.3, -0.25) is 9.98 Å². The summed E-state index contributed by atoms with van der Waals surface area (Å²) in [6.45, 7) is 6.97. The second-order valence-electron chi connectivity index (χ2n) is 1.96. The predicted molar refractivity (Wildman–Crippen MR) is 48.3 cm³/mol. The van der Waals surface area contributed by atoms with Crippen molar-refractivity contribution >= 4 is 29.0 Å². The Balaban J connectivity index is 3.22. The first-order valence-electron chi connectivity index (χ1n) is 3.01. The van der Waals surface area contributed by atoms with E-state index in [0.717, 1.165) is 5.56 Å². The molecular formula is C8H7ClN2. The van der Waals surface area contributed by atoms with Gasteiger partial charge in [0.25, 0.3) is 0 Å². The lowest BCUT2D eigenvalue weighted by Gasteiger charge is -1.99. The first kappa shape index (κ1) is 7.95. The van der Waals surface area contributed by atoms with Crippen LogP contribution in [-0.2, 0) is 0 Å². The van der Waals surface area contributed by atoms with Crippen LogP contribution in [0.1, 0.15) is 5.56 Å². The maximum Gasteiger partial charge on any atom is 0.0740 e. The highest BCUT2D eigenvalue weighted by Gasteiger charge is 2.00. The van der Waals surface area contributed by atoms with Crippen LogP contribution in [0.4, 0.5) is 5.69 Å². The van der Waals surface area contributed by atoms with E-state index in [-0.39, 0.29) is 0 Å². The molecule has 0 aliphatic heterocycles. The Hall–Kier alpha value is -1.15. The number of rotatable bonds is 2. The molecule has 0 aromatic carbocycles. The van der Waals surface area contributed by atoms with E-state index in [1.807, 2.05) is 0 Å². The number of halogens is 1. The van der Waals surface area contributed by atoms with Crippen molar-refractivity contribution in [2.75, 3.05) is 0 Å². The summed E-state index contributed by atoms with van der Waals surface area (Å²) in [4.78, 5) is 7.64. The van der Waals surface area contributed by atoms with Crippen molar-refractivity contribution in [2.45, 2.75) is 0 Å². The molecule has 0 saturated carbocycles. The van der Waals surface area contributed by atoms with Crippen molar-refractivity contribution < 1.29 is 0 Å². The maximum atomic E-state index is 5.66. The van der Waals surface area contributed by atoms with Crippen molar-refractivity contribution in [1.82, 2.24) is 4.98 Å². The standard InChI is InChI=1S/C8H7ClN2/c1-6(9)7-5-11-4-3-8(7)10-2/h3-5H,1-2H2. The Kier molecular flexibility index (Phi) is 2.39. The van der Waals surface area contributed by atoms with Crippen LogP contribution >= 0.6 is 11.6 Å². The van der Waals surface area contributed by atoms with Crippen molar-refractivity contribution in [3.05, 3.63) is 30.6 Å². The molecule has 0 unspecified atom stereocenters. The molecule has 0 aliphatic carbocycles. The van der Waals surface area contributed by atoms with Crippen LogP contribution < -0.4 is 0 Å². The van der Waals surface area contributed by atoms with Gasteiger partial charge in [-0.1, -0.05) is 18.2 Å². The second-order valence-corrected chi connectivity index (χ2v) is 2.41. The molecule has 0 atom stereocenters. The zero-order valence-electron chi connectivity index (χ0n) is 5.92. The van der Waals surface area contributed by atoms with Crippen LogP contribution in [0, 0.1) is 0 Å². The molecule has 0 amide bonds. The van der Waals surface area contributed by atoms with Crippen LogP contribution in [0.25, 0.3) is 5.03 Å². The first-order chi connectivity index (χ1) is 5.25. The van der Waals surface area contributed by atoms with Crippen molar-refractivity contribution in [3.63, 3.8) is 0 Å². The Morgan fingerprint density at radius 1 is 1.64 bits per heavy atom. The third kappa shape index (κ3) is 1.65. The van der Waals surface area contributed by atoms with Crippen LogP contribution in [0.2, 0.25) is 0 Å². The monoisotopic (exact) mass is 166 g/mol. The Labute approximate surface area is 70.3 Å². The van der Waals surface area contributed by atoms with Gasteiger partial charge in [-0.2, -0.15) is 0 Å². The number of aliphatic imine (C=N–C) groups is 1. The summed E-state index contributed by atoms with van der Waals surface area (Å²) in [6, 6.07) is 1.73. The normalized spacial score (nSPS) is 9.18. The molecule has 1 aromatic rings. The summed E-state index contributed by atoms with van der Waals surface area (Å²) in [6.07, 6.45) is 3.24. The summed E-state index contributed by atoms with van der Waals surface area (Å²) < 4.78 is 0. The van der Waals surface area contributed by atoms with E-state index in [1.54, 1.807) is 18.5 Å². The third-order valence-electron chi connectivity index (χ3n) is 1.26. The maximum absolute atomic E-state index is 5.66. The molecular weight excluding hydrogens is 160 g/mol. The summed E-state index contributed by atoms with van der Waals surface area (Å²) in [7, 11) is 0.